The predicted octanol–water partition coefficient (Wildman–Crippen LogP) is 0.612. The molecule has 3 rings (SSSR count). The Morgan fingerprint density at radius 2 is 2.43 bits per heavy atom. The van der Waals surface area contributed by atoms with Gasteiger partial charge in [0.25, 0.3) is 0 Å². The number of fused-ring (bicyclic) bond motifs is 1. The molecule has 0 aromatic carbocycles. The first-order valence-corrected chi connectivity index (χ1v) is 6.59. The zero-order valence-electron chi connectivity index (χ0n) is 11.5. The molecule has 0 aliphatic carbocycles. The molecule has 2 atom stereocenters. The first-order valence-electron chi connectivity index (χ1n) is 6.59. The van der Waals surface area contributed by atoms with Gasteiger partial charge in [-0.05, 0) is 25.8 Å². The van der Waals surface area contributed by atoms with E-state index in [4.69, 9.17) is 10.5 Å². The lowest BCUT2D eigenvalue weighted by atomic mass is 10.0. The third kappa shape index (κ3) is 2.12. The number of anilines is 1. The van der Waals surface area contributed by atoms with E-state index in [-0.39, 0.29) is 29.6 Å². The van der Waals surface area contributed by atoms with Gasteiger partial charge in [0.15, 0.2) is 5.82 Å². The van der Waals surface area contributed by atoms with Crippen molar-refractivity contribution < 1.29 is 19.7 Å². The molecule has 21 heavy (non-hydrogen) atoms. The van der Waals surface area contributed by atoms with Crippen molar-refractivity contribution in [2.75, 3.05) is 12.3 Å². The number of aliphatic hydroxyl groups is 1. The fourth-order valence-electron chi connectivity index (χ4n) is 2.71. The highest BCUT2D eigenvalue weighted by Gasteiger charge is 2.38. The molecule has 2 unspecified atom stereocenters. The topological polar surface area (TPSA) is 123 Å². The van der Waals surface area contributed by atoms with Crippen molar-refractivity contribution in [1.29, 1.82) is 0 Å². The smallest absolute Gasteiger partial charge is 0.338 e. The molecule has 0 saturated carbocycles. The van der Waals surface area contributed by atoms with Gasteiger partial charge in [0.2, 0.25) is 0 Å². The molecular formula is C13H16N4O4. The Balaban J connectivity index is 2.12. The first kappa shape index (κ1) is 13.8. The van der Waals surface area contributed by atoms with Crippen molar-refractivity contribution in [1.82, 2.24) is 14.6 Å². The maximum absolute atomic E-state index is 11.4. The zero-order valence-corrected chi connectivity index (χ0v) is 11.5. The highest BCUT2D eigenvalue weighted by Crippen LogP contribution is 2.40. The van der Waals surface area contributed by atoms with E-state index < -0.39 is 11.6 Å². The largest absolute Gasteiger partial charge is 0.478 e. The van der Waals surface area contributed by atoms with Crippen molar-refractivity contribution in [3.8, 4) is 0 Å². The molecule has 1 aliphatic rings. The average molecular weight is 292 g/mol. The van der Waals surface area contributed by atoms with Crippen molar-refractivity contribution >= 4 is 17.3 Å². The van der Waals surface area contributed by atoms with E-state index in [0.717, 1.165) is 0 Å². The molecule has 0 spiro atoms. The van der Waals surface area contributed by atoms with Gasteiger partial charge in [-0.3, -0.25) is 0 Å². The van der Waals surface area contributed by atoms with Crippen LogP contribution in [0, 0.1) is 0 Å². The Labute approximate surface area is 120 Å². The van der Waals surface area contributed by atoms with Crippen LogP contribution < -0.4 is 5.73 Å². The third-order valence-electron chi connectivity index (χ3n) is 3.87. The lowest BCUT2D eigenvalue weighted by Gasteiger charge is -2.21. The summed E-state index contributed by atoms with van der Waals surface area (Å²) in [7, 11) is 0. The molecule has 112 valence electrons. The fourth-order valence-corrected chi connectivity index (χ4v) is 2.71. The molecule has 2 aromatic rings. The molecule has 0 radical (unpaired) electrons. The number of nitrogens with zero attached hydrogens (tertiary/aromatic N) is 3. The summed E-state index contributed by atoms with van der Waals surface area (Å²) in [6.45, 7) is 1.74. The van der Waals surface area contributed by atoms with E-state index in [1.54, 1.807) is 0 Å². The molecule has 8 nitrogen and oxygen atoms in total. The number of nitrogens with two attached hydrogens (primary N) is 1. The van der Waals surface area contributed by atoms with Gasteiger partial charge in [0.1, 0.15) is 17.9 Å². The summed E-state index contributed by atoms with van der Waals surface area (Å²) in [5, 5.41) is 22.8. The second kappa shape index (κ2) is 4.68. The third-order valence-corrected chi connectivity index (χ3v) is 3.87. The number of carboxylic acids is 1. The molecule has 2 aromatic heterocycles. The van der Waals surface area contributed by atoms with Crippen LogP contribution in [-0.2, 0) is 4.74 Å². The van der Waals surface area contributed by atoms with E-state index in [1.807, 2.05) is 6.92 Å². The average Bonchev–Trinajstić information content (AvgIpc) is 3.01. The van der Waals surface area contributed by atoms with Gasteiger partial charge < -0.3 is 20.7 Å². The van der Waals surface area contributed by atoms with E-state index in [2.05, 4.69) is 10.1 Å². The van der Waals surface area contributed by atoms with Crippen LogP contribution in [0.15, 0.2) is 12.4 Å². The Morgan fingerprint density at radius 3 is 3.05 bits per heavy atom. The maximum Gasteiger partial charge on any atom is 0.338 e. The summed E-state index contributed by atoms with van der Waals surface area (Å²) in [6, 6.07) is 1.51. The number of hydrogen-bond donors (Lipinski definition) is 3. The van der Waals surface area contributed by atoms with Crippen LogP contribution in [0.25, 0.3) is 5.52 Å². The van der Waals surface area contributed by atoms with Crippen molar-refractivity contribution in [2.24, 2.45) is 0 Å². The summed E-state index contributed by atoms with van der Waals surface area (Å²) >= 11 is 0. The number of hydrogen-bond acceptors (Lipinski definition) is 6. The number of aromatic carboxylic acids is 1. The number of rotatable bonds is 3. The van der Waals surface area contributed by atoms with Crippen molar-refractivity contribution in [3.05, 3.63) is 23.7 Å². The zero-order chi connectivity index (χ0) is 15.2. The van der Waals surface area contributed by atoms with Gasteiger partial charge in [-0.2, -0.15) is 5.10 Å². The van der Waals surface area contributed by atoms with Crippen LogP contribution in [0.3, 0.4) is 0 Å². The lowest BCUT2D eigenvalue weighted by Crippen LogP contribution is -2.28. The number of ether oxygens (including phenoxy) is 1. The molecule has 4 N–H and O–H groups in total. The fraction of sp³-hybridized carbons (Fsp3) is 0.462. The van der Waals surface area contributed by atoms with Crippen LogP contribution in [0.2, 0.25) is 0 Å². The normalized spacial score (nSPS) is 25.5. The SMILES string of the molecule is CC1(CO)CCC(c2cc(C(=O)O)c3c(N)ncnn23)O1. The predicted molar refractivity (Wildman–Crippen MR) is 72.9 cm³/mol. The Bertz CT molecular complexity index is 714. The molecule has 1 aliphatic heterocycles. The number of aliphatic hydroxyl groups excluding tert-OH is 1. The lowest BCUT2D eigenvalue weighted by molar-refractivity contribution is -0.0635. The molecule has 0 amide bonds. The number of carboxylic acid groups (broad SMARTS) is 1. The van der Waals surface area contributed by atoms with Crippen LogP contribution in [0.5, 0.6) is 0 Å². The van der Waals surface area contributed by atoms with Crippen LogP contribution in [0.4, 0.5) is 5.82 Å². The van der Waals surface area contributed by atoms with E-state index in [0.29, 0.717) is 18.5 Å². The first-order chi connectivity index (χ1) is 9.95. The minimum absolute atomic E-state index is 0.0456. The van der Waals surface area contributed by atoms with E-state index in [1.165, 1.54) is 16.9 Å². The Kier molecular flexibility index (Phi) is 3.07. The van der Waals surface area contributed by atoms with Crippen molar-refractivity contribution in [2.45, 2.75) is 31.5 Å². The molecule has 3 heterocycles. The van der Waals surface area contributed by atoms with Crippen LogP contribution >= 0.6 is 0 Å². The standard InChI is InChI=1S/C13H16N4O4/c1-13(5-18)3-2-9(21-13)8-4-7(12(19)20)10-11(14)15-6-16-17(8)10/h4,6,9,18H,2-3,5H2,1H3,(H,19,20)(H2,14,15,16). The highest BCUT2D eigenvalue weighted by atomic mass is 16.5. The van der Waals surface area contributed by atoms with Gasteiger partial charge in [-0.25, -0.2) is 14.3 Å². The summed E-state index contributed by atoms with van der Waals surface area (Å²) < 4.78 is 7.32. The molecule has 0 bridgehead atoms. The molecule has 1 saturated heterocycles. The highest BCUT2D eigenvalue weighted by molar-refractivity contribution is 5.99. The number of nitrogen functional groups attached to an aromatic ring is 1. The summed E-state index contributed by atoms with van der Waals surface area (Å²) in [6.07, 6.45) is 2.30. The summed E-state index contributed by atoms with van der Waals surface area (Å²) in [4.78, 5) is 15.2. The molecular weight excluding hydrogens is 276 g/mol. The Hall–Kier alpha value is -2.19. The van der Waals surface area contributed by atoms with Gasteiger partial charge >= 0.3 is 5.97 Å². The van der Waals surface area contributed by atoms with E-state index >= 15 is 0 Å². The number of aromatic nitrogens is 3. The number of carbonyl (C=O) groups is 1. The quantitative estimate of drug-likeness (QED) is 0.757. The minimum atomic E-state index is -1.09. The van der Waals surface area contributed by atoms with Gasteiger partial charge in [-0.15, -0.1) is 0 Å². The van der Waals surface area contributed by atoms with Gasteiger partial charge in [0, 0.05) is 0 Å². The second-order valence-electron chi connectivity index (χ2n) is 5.45. The Morgan fingerprint density at radius 1 is 1.67 bits per heavy atom. The maximum atomic E-state index is 11.4. The monoisotopic (exact) mass is 292 g/mol. The van der Waals surface area contributed by atoms with Crippen molar-refractivity contribution in [3.63, 3.8) is 0 Å². The van der Waals surface area contributed by atoms with Crippen LogP contribution in [-0.4, -0.2) is 43.0 Å². The van der Waals surface area contributed by atoms with Gasteiger partial charge in [0.05, 0.1) is 23.5 Å². The summed E-state index contributed by atoms with van der Waals surface area (Å²) in [5.74, 6) is -0.986. The minimum Gasteiger partial charge on any atom is -0.478 e. The molecule has 1 fully saturated rings. The summed E-state index contributed by atoms with van der Waals surface area (Å²) in [5.41, 5.74) is 6.07. The van der Waals surface area contributed by atoms with E-state index in [9.17, 15) is 15.0 Å². The second-order valence-corrected chi connectivity index (χ2v) is 5.45. The van der Waals surface area contributed by atoms with Crippen LogP contribution in [0.1, 0.15) is 41.9 Å². The van der Waals surface area contributed by atoms with Gasteiger partial charge in [-0.1, -0.05) is 0 Å². The molecule has 8 heteroatoms.